The zero-order valence-corrected chi connectivity index (χ0v) is 10.6. The Morgan fingerprint density at radius 1 is 1.30 bits per heavy atom. The molecule has 7 nitrogen and oxygen atoms in total. The van der Waals surface area contributed by atoms with Crippen molar-refractivity contribution >= 4 is 11.0 Å². The highest BCUT2D eigenvalue weighted by Gasteiger charge is 2.08. The number of hydrogen-bond donors (Lipinski definition) is 1. The van der Waals surface area contributed by atoms with Crippen LogP contribution < -0.4 is 16.1 Å². The average molecular weight is 273 g/mol. The molecule has 3 rings (SSSR count). The van der Waals surface area contributed by atoms with Gasteiger partial charge in [0.2, 0.25) is 0 Å². The first-order valence-corrected chi connectivity index (χ1v) is 5.89. The first-order valence-electron chi connectivity index (χ1n) is 5.89. The van der Waals surface area contributed by atoms with Crippen LogP contribution in [0.3, 0.4) is 0 Å². The van der Waals surface area contributed by atoms with Crippen LogP contribution in [-0.4, -0.2) is 21.9 Å². The lowest BCUT2D eigenvalue weighted by Gasteiger charge is -2.03. The van der Waals surface area contributed by atoms with Crippen molar-refractivity contribution in [1.82, 2.24) is 14.8 Å². The zero-order valence-electron chi connectivity index (χ0n) is 10.6. The fraction of sp³-hybridized carbons (Fsp3) is 0.154. The van der Waals surface area contributed by atoms with Gasteiger partial charge in [0.1, 0.15) is 11.1 Å². The molecule has 0 saturated heterocycles. The number of aromatic nitrogens is 3. The Kier molecular flexibility index (Phi) is 2.86. The van der Waals surface area contributed by atoms with E-state index in [1.165, 1.54) is 0 Å². The third-order valence-electron chi connectivity index (χ3n) is 2.89. The molecule has 0 saturated carbocycles. The molecule has 7 heteroatoms. The van der Waals surface area contributed by atoms with Crippen LogP contribution in [0.5, 0.6) is 5.75 Å². The molecule has 102 valence electrons. The van der Waals surface area contributed by atoms with Crippen molar-refractivity contribution < 1.29 is 9.15 Å². The Bertz CT molecular complexity index is 858. The molecule has 3 aromatic rings. The minimum atomic E-state index is -0.808. The van der Waals surface area contributed by atoms with Crippen molar-refractivity contribution in [3.63, 3.8) is 0 Å². The molecule has 0 spiro atoms. The van der Waals surface area contributed by atoms with Crippen LogP contribution in [-0.2, 0) is 6.54 Å². The van der Waals surface area contributed by atoms with Crippen LogP contribution in [0.1, 0.15) is 5.56 Å². The first-order chi connectivity index (χ1) is 9.65. The van der Waals surface area contributed by atoms with E-state index in [-0.39, 0.29) is 11.0 Å². The summed E-state index contributed by atoms with van der Waals surface area (Å²) in [6.45, 7) is 0.472. The van der Waals surface area contributed by atoms with E-state index in [9.17, 15) is 9.59 Å². The van der Waals surface area contributed by atoms with E-state index in [4.69, 9.17) is 4.74 Å². The van der Waals surface area contributed by atoms with Crippen LogP contribution in [0.4, 0.5) is 0 Å². The SMILES string of the molecule is COc1ccc(Cn2cc3c(=O)oc(=O)[nH]c3n2)cc1. The molecule has 0 aliphatic rings. The fourth-order valence-corrected chi connectivity index (χ4v) is 1.92. The van der Waals surface area contributed by atoms with Gasteiger partial charge in [0.25, 0.3) is 0 Å². The van der Waals surface area contributed by atoms with Gasteiger partial charge in [0, 0.05) is 6.20 Å². The molecule has 0 bridgehead atoms. The van der Waals surface area contributed by atoms with Crippen LogP contribution >= 0.6 is 0 Å². The van der Waals surface area contributed by atoms with E-state index < -0.39 is 11.4 Å². The third kappa shape index (κ3) is 2.20. The number of ether oxygens (including phenoxy) is 1. The molecule has 1 aromatic carbocycles. The number of fused-ring (bicyclic) bond motifs is 1. The number of benzene rings is 1. The number of methoxy groups -OCH3 is 1. The molecule has 2 heterocycles. The van der Waals surface area contributed by atoms with E-state index in [2.05, 4.69) is 14.5 Å². The van der Waals surface area contributed by atoms with E-state index in [1.54, 1.807) is 18.0 Å². The highest BCUT2D eigenvalue weighted by Crippen LogP contribution is 2.12. The molecule has 0 amide bonds. The fourth-order valence-electron chi connectivity index (χ4n) is 1.92. The maximum atomic E-state index is 11.5. The monoisotopic (exact) mass is 273 g/mol. The summed E-state index contributed by atoms with van der Waals surface area (Å²) in [5.41, 5.74) is 0.523. The number of aromatic amines is 1. The summed E-state index contributed by atoms with van der Waals surface area (Å²) in [7, 11) is 1.60. The van der Waals surface area contributed by atoms with E-state index in [0.717, 1.165) is 11.3 Å². The predicted octanol–water partition coefficient (Wildman–Crippen LogP) is 0.735. The van der Waals surface area contributed by atoms with Crippen molar-refractivity contribution in [2.45, 2.75) is 6.54 Å². The number of hydrogen-bond acceptors (Lipinski definition) is 5. The van der Waals surface area contributed by atoms with E-state index in [1.807, 2.05) is 24.3 Å². The van der Waals surface area contributed by atoms with Crippen LogP contribution in [0, 0.1) is 0 Å². The van der Waals surface area contributed by atoms with Crippen molar-refractivity contribution in [1.29, 1.82) is 0 Å². The molecule has 0 fully saturated rings. The highest BCUT2D eigenvalue weighted by atomic mass is 16.5. The number of rotatable bonds is 3. The minimum Gasteiger partial charge on any atom is -0.497 e. The summed E-state index contributed by atoms with van der Waals surface area (Å²) >= 11 is 0. The Morgan fingerprint density at radius 3 is 2.75 bits per heavy atom. The first kappa shape index (κ1) is 12.2. The summed E-state index contributed by atoms with van der Waals surface area (Å²) in [6.07, 6.45) is 1.54. The van der Waals surface area contributed by atoms with Gasteiger partial charge in [-0.25, -0.2) is 9.59 Å². The molecule has 2 aromatic heterocycles. The lowest BCUT2D eigenvalue weighted by atomic mass is 10.2. The predicted molar refractivity (Wildman–Crippen MR) is 71.0 cm³/mol. The van der Waals surface area contributed by atoms with Crippen LogP contribution in [0.15, 0.2) is 44.5 Å². The van der Waals surface area contributed by atoms with Gasteiger partial charge >= 0.3 is 11.4 Å². The highest BCUT2D eigenvalue weighted by molar-refractivity contribution is 5.71. The second-order valence-corrected chi connectivity index (χ2v) is 4.24. The second kappa shape index (κ2) is 4.69. The second-order valence-electron chi connectivity index (χ2n) is 4.24. The van der Waals surface area contributed by atoms with Crippen molar-refractivity contribution in [2.24, 2.45) is 0 Å². The molecule has 0 radical (unpaired) electrons. The number of nitrogens with one attached hydrogen (secondary N) is 1. The summed E-state index contributed by atoms with van der Waals surface area (Å²) in [4.78, 5) is 24.9. The largest absolute Gasteiger partial charge is 0.497 e. The minimum absolute atomic E-state index is 0.222. The van der Waals surface area contributed by atoms with Crippen molar-refractivity contribution in [3.8, 4) is 5.75 Å². The van der Waals surface area contributed by atoms with Gasteiger partial charge in [0.15, 0.2) is 5.65 Å². The molecule has 0 aliphatic carbocycles. The molecule has 1 N–H and O–H groups in total. The standard InChI is InChI=1S/C13H11N3O4/c1-19-9-4-2-8(3-5-9)6-16-7-10-11(15-16)14-13(18)20-12(10)17/h2-5,7H,6H2,1H3,(H,14,15,18). The number of nitrogens with zero attached hydrogens (tertiary/aromatic N) is 2. The van der Waals surface area contributed by atoms with Crippen molar-refractivity contribution in [2.75, 3.05) is 7.11 Å². The van der Waals surface area contributed by atoms with Gasteiger partial charge < -0.3 is 9.15 Å². The maximum absolute atomic E-state index is 11.5. The van der Waals surface area contributed by atoms with E-state index in [0.29, 0.717) is 6.54 Å². The smallest absolute Gasteiger partial charge is 0.420 e. The summed E-state index contributed by atoms with van der Waals surface area (Å²) in [6, 6.07) is 7.48. The molecule has 0 atom stereocenters. The summed E-state index contributed by atoms with van der Waals surface area (Å²) in [5.74, 6) is -0.0402. The topological polar surface area (TPSA) is 90.1 Å². The summed E-state index contributed by atoms with van der Waals surface area (Å²) < 4.78 is 11.1. The molecule has 0 aliphatic heterocycles. The summed E-state index contributed by atoms with van der Waals surface area (Å²) in [5, 5.41) is 4.39. The molecular weight excluding hydrogens is 262 g/mol. The Labute approximate surface area is 112 Å². The lowest BCUT2D eigenvalue weighted by molar-refractivity contribution is 0.414. The normalized spacial score (nSPS) is 10.8. The zero-order chi connectivity index (χ0) is 14.1. The van der Waals surface area contributed by atoms with Crippen LogP contribution in [0.25, 0.3) is 11.0 Å². The Balaban J connectivity index is 1.96. The Hall–Kier alpha value is -2.83. The average Bonchev–Trinajstić information content (AvgIpc) is 2.82. The molecule has 20 heavy (non-hydrogen) atoms. The van der Waals surface area contributed by atoms with Crippen LogP contribution in [0.2, 0.25) is 0 Å². The van der Waals surface area contributed by atoms with Gasteiger partial charge in [-0.2, -0.15) is 5.10 Å². The van der Waals surface area contributed by atoms with E-state index >= 15 is 0 Å². The maximum Gasteiger partial charge on any atom is 0.420 e. The van der Waals surface area contributed by atoms with Gasteiger partial charge in [-0.15, -0.1) is 0 Å². The number of H-pyrrole nitrogens is 1. The van der Waals surface area contributed by atoms with Gasteiger partial charge in [-0.3, -0.25) is 9.67 Å². The molecule has 0 unspecified atom stereocenters. The van der Waals surface area contributed by atoms with Crippen molar-refractivity contribution in [3.05, 3.63) is 57.0 Å². The van der Waals surface area contributed by atoms with Gasteiger partial charge in [-0.1, -0.05) is 12.1 Å². The van der Waals surface area contributed by atoms with Gasteiger partial charge in [-0.05, 0) is 17.7 Å². The quantitative estimate of drug-likeness (QED) is 0.760. The van der Waals surface area contributed by atoms with Gasteiger partial charge in [0.05, 0.1) is 13.7 Å². The lowest BCUT2D eigenvalue weighted by Crippen LogP contribution is -2.13. The molecular formula is C13H11N3O4. The Morgan fingerprint density at radius 2 is 2.05 bits per heavy atom. The third-order valence-corrected chi connectivity index (χ3v) is 2.89.